The first-order valence-electron chi connectivity index (χ1n) is 6.06. The van der Waals surface area contributed by atoms with E-state index in [1.165, 1.54) is 12.1 Å². The Hall–Kier alpha value is -1.62. The van der Waals surface area contributed by atoms with Gasteiger partial charge in [0, 0.05) is 18.7 Å². The molecule has 1 aromatic rings. The molecule has 0 aliphatic heterocycles. The topological polar surface area (TPSA) is 50.4 Å². The second-order valence-electron chi connectivity index (χ2n) is 3.77. The molecule has 100 valence electrons. The molecule has 0 radical (unpaired) electrons. The van der Waals surface area contributed by atoms with Crippen LogP contribution in [0.4, 0.5) is 4.39 Å². The summed E-state index contributed by atoms with van der Waals surface area (Å²) in [5.41, 5.74) is 0.709. The van der Waals surface area contributed by atoms with Crippen molar-refractivity contribution >= 4 is 5.91 Å². The van der Waals surface area contributed by atoms with Crippen LogP contribution in [-0.4, -0.2) is 25.6 Å². The van der Waals surface area contributed by atoms with Gasteiger partial charge >= 0.3 is 0 Å². The molecule has 2 N–H and O–H groups in total. The van der Waals surface area contributed by atoms with Gasteiger partial charge in [-0.25, -0.2) is 4.39 Å². The van der Waals surface area contributed by atoms with Gasteiger partial charge < -0.3 is 15.4 Å². The second-order valence-corrected chi connectivity index (χ2v) is 3.77. The lowest BCUT2D eigenvalue weighted by Gasteiger charge is -2.11. The first-order valence-corrected chi connectivity index (χ1v) is 6.06. The van der Waals surface area contributed by atoms with Crippen molar-refractivity contribution in [3.05, 3.63) is 29.6 Å². The molecule has 0 bridgehead atoms. The molecule has 1 amide bonds. The van der Waals surface area contributed by atoms with Crippen LogP contribution in [0.3, 0.4) is 0 Å². The molecule has 0 atom stereocenters. The standard InChI is InChI=1S/C13H19FN2O2/c1-3-15-8-10-7-11(14)5-6-12(10)18-9-13(17)16-4-2/h5-7,15H,3-4,8-9H2,1-2H3,(H,16,17). The Morgan fingerprint density at radius 3 is 2.78 bits per heavy atom. The molecule has 18 heavy (non-hydrogen) atoms. The maximum absolute atomic E-state index is 13.1. The van der Waals surface area contributed by atoms with E-state index < -0.39 is 0 Å². The van der Waals surface area contributed by atoms with Gasteiger partial charge in [0.25, 0.3) is 5.91 Å². The van der Waals surface area contributed by atoms with Gasteiger partial charge in [-0.1, -0.05) is 6.92 Å². The number of ether oxygens (including phenoxy) is 1. The average Bonchev–Trinajstić information content (AvgIpc) is 2.35. The van der Waals surface area contributed by atoms with Gasteiger partial charge in [-0.15, -0.1) is 0 Å². The molecule has 0 aliphatic rings. The highest BCUT2D eigenvalue weighted by Crippen LogP contribution is 2.19. The summed E-state index contributed by atoms with van der Waals surface area (Å²) in [5.74, 6) is 0.0353. The van der Waals surface area contributed by atoms with Gasteiger partial charge in [-0.2, -0.15) is 0 Å². The van der Waals surface area contributed by atoms with Crippen LogP contribution in [0.15, 0.2) is 18.2 Å². The molecule has 0 heterocycles. The lowest BCUT2D eigenvalue weighted by Crippen LogP contribution is -2.28. The van der Waals surface area contributed by atoms with Crippen molar-refractivity contribution < 1.29 is 13.9 Å². The number of likely N-dealkylation sites (N-methyl/N-ethyl adjacent to an activating group) is 1. The van der Waals surface area contributed by atoms with Crippen LogP contribution in [-0.2, 0) is 11.3 Å². The van der Waals surface area contributed by atoms with Gasteiger partial charge in [0.15, 0.2) is 6.61 Å². The highest BCUT2D eigenvalue weighted by molar-refractivity contribution is 5.77. The zero-order valence-electron chi connectivity index (χ0n) is 10.8. The molecule has 4 nitrogen and oxygen atoms in total. The summed E-state index contributed by atoms with van der Waals surface area (Å²) in [5, 5.41) is 5.73. The minimum absolute atomic E-state index is 0.0569. The van der Waals surface area contributed by atoms with Crippen molar-refractivity contribution in [2.75, 3.05) is 19.7 Å². The molecular formula is C13H19FN2O2. The number of hydrogen-bond donors (Lipinski definition) is 2. The van der Waals surface area contributed by atoms with Crippen LogP contribution in [0, 0.1) is 5.82 Å². The quantitative estimate of drug-likeness (QED) is 0.774. The van der Waals surface area contributed by atoms with Gasteiger partial charge in [0.05, 0.1) is 0 Å². The van der Waals surface area contributed by atoms with Crippen molar-refractivity contribution in [3.8, 4) is 5.75 Å². The largest absolute Gasteiger partial charge is 0.483 e. The summed E-state index contributed by atoms with van der Waals surface area (Å²) in [7, 11) is 0. The number of benzene rings is 1. The molecular weight excluding hydrogens is 235 g/mol. The smallest absolute Gasteiger partial charge is 0.257 e. The molecule has 1 rings (SSSR count). The minimum atomic E-state index is -0.312. The summed E-state index contributed by atoms with van der Waals surface area (Å²) >= 11 is 0. The first-order chi connectivity index (χ1) is 8.67. The summed E-state index contributed by atoms with van der Waals surface area (Å²) in [6, 6.07) is 4.28. The van der Waals surface area contributed by atoms with Crippen molar-refractivity contribution in [1.29, 1.82) is 0 Å². The van der Waals surface area contributed by atoms with Crippen LogP contribution in [0.1, 0.15) is 19.4 Å². The van der Waals surface area contributed by atoms with Crippen LogP contribution in [0.25, 0.3) is 0 Å². The Kier molecular flexibility index (Phi) is 6.14. The van der Waals surface area contributed by atoms with E-state index in [1.807, 2.05) is 13.8 Å². The molecule has 0 unspecified atom stereocenters. The van der Waals surface area contributed by atoms with E-state index in [1.54, 1.807) is 6.07 Å². The molecule has 5 heteroatoms. The Balaban J connectivity index is 2.65. The van der Waals surface area contributed by atoms with Crippen LogP contribution in [0.2, 0.25) is 0 Å². The summed E-state index contributed by atoms with van der Waals surface area (Å²) < 4.78 is 18.5. The number of hydrogen-bond acceptors (Lipinski definition) is 3. The Morgan fingerprint density at radius 2 is 2.11 bits per heavy atom. The molecule has 0 saturated carbocycles. The summed E-state index contributed by atoms with van der Waals surface area (Å²) in [4.78, 5) is 11.3. The highest BCUT2D eigenvalue weighted by atomic mass is 19.1. The number of carbonyl (C=O) groups excluding carboxylic acids is 1. The number of rotatable bonds is 7. The van der Waals surface area contributed by atoms with E-state index in [-0.39, 0.29) is 18.3 Å². The molecule has 0 aliphatic carbocycles. The van der Waals surface area contributed by atoms with Gasteiger partial charge in [-0.05, 0) is 31.7 Å². The molecule has 0 aromatic heterocycles. The summed E-state index contributed by atoms with van der Waals surface area (Å²) in [6.07, 6.45) is 0. The van der Waals surface area contributed by atoms with E-state index in [0.29, 0.717) is 24.4 Å². The first kappa shape index (κ1) is 14.4. The lowest BCUT2D eigenvalue weighted by molar-refractivity contribution is -0.122. The number of carbonyl (C=O) groups is 1. The van der Waals surface area contributed by atoms with Crippen molar-refractivity contribution in [2.45, 2.75) is 20.4 Å². The van der Waals surface area contributed by atoms with Gasteiger partial charge in [-0.3, -0.25) is 4.79 Å². The van der Waals surface area contributed by atoms with Crippen molar-refractivity contribution in [3.63, 3.8) is 0 Å². The van der Waals surface area contributed by atoms with Crippen LogP contribution >= 0.6 is 0 Å². The van der Waals surface area contributed by atoms with E-state index in [4.69, 9.17) is 4.74 Å². The number of nitrogens with one attached hydrogen (secondary N) is 2. The predicted octanol–water partition coefficient (Wildman–Crippen LogP) is 1.45. The molecule has 0 spiro atoms. The number of halogens is 1. The monoisotopic (exact) mass is 254 g/mol. The van der Waals surface area contributed by atoms with E-state index in [2.05, 4.69) is 10.6 Å². The summed E-state index contributed by atoms with van der Waals surface area (Å²) in [6.45, 7) is 5.61. The minimum Gasteiger partial charge on any atom is -0.483 e. The van der Waals surface area contributed by atoms with E-state index in [0.717, 1.165) is 6.54 Å². The second kappa shape index (κ2) is 7.66. The molecule has 0 saturated heterocycles. The van der Waals surface area contributed by atoms with Gasteiger partial charge in [0.2, 0.25) is 0 Å². The fourth-order valence-electron chi connectivity index (χ4n) is 1.48. The third kappa shape index (κ3) is 4.71. The average molecular weight is 254 g/mol. The zero-order valence-corrected chi connectivity index (χ0v) is 10.8. The fourth-order valence-corrected chi connectivity index (χ4v) is 1.48. The zero-order chi connectivity index (χ0) is 13.4. The van der Waals surface area contributed by atoms with Crippen molar-refractivity contribution in [1.82, 2.24) is 10.6 Å². The molecule has 0 fully saturated rings. The van der Waals surface area contributed by atoms with Crippen LogP contribution < -0.4 is 15.4 Å². The third-order valence-corrected chi connectivity index (χ3v) is 2.32. The fraction of sp³-hybridized carbons (Fsp3) is 0.462. The maximum Gasteiger partial charge on any atom is 0.257 e. The molecule has 1 aromatic carbocycles. The Labute approximate surface area is 107 Å². The highest BCUT2D eigenvalue weighted by Gasteiger charge is 2.07. The predicted molar refractivity (Wildman–Crippen MR) is 68.0 cm³/mol. The Morgan fingerprint density at radius 1 is 1.33 bits per heavy atom. The lowest BCUT2D eigenvalue weighted by atomic mass is 10.2. The van der Waals surface area contributed by atoms with E-state index >= 15 is 0 Å². The van der Waals surface area contributed by atoms with Crippen molar-refractivity contribution in [2.24, 2.45) is 0 Å². The SMILES string of the molecule is CCNCc1cc(F)ccc1OCC(=O)NCC. The van der Waals surface area contributed by atoms with E-state index in [9.17, 15) is 9.18 Å². The maximum atomic E-state index is 13.1. The normalized spacial score (nSPS) is 10.2. The third-order valence-electron chi connectivity index (χ3n) is 2.32. The van der Waals surface area contributed by atoms with Gasteiger partial charge in [0.1, 0.15) is 11.6 Å². The van der Waals surface area contributed by atoms with Crippen LogP contribution in [0.5, 0.6) is 5.75 Å². The number of amides is 1. The Bertz CT molecular complexity index is 397.